The van der Waals surface area contributed by atoms with Gasteiger partial charge in [0.25, 0.3) is 0 Å². The van der Waals surface area contributed by atoms with Crippen LogP contribution in [0.25, 0.3) is 11.3 Å². The molecule has 2 aromatic rings. The van der Waals surface area contributed by atoms with Gasteiger partial charge in [-0.1, -0.05) is 19.9 Å². The lowest BCUT2D eigenvalue weighted by molar-refractivity contribution is 0.628. The first-order valence-electron chi connectivity index (χ1n) is 7.33. The maximum atomic E-state index is 13.6. The maximum absolute atomic E-state index is 13.6. The molecule has 3 nitrogen and oxygen atoms in total. The highest BCUT2D eigenvalue weighted by atomic mass is 19.1. The molecule has 2 rings (SSSR count). The quantitative estimate of drug-likeness (QED) is 0.902. The summed E-state index contributed by atoms with van der Waals surface area (Å²) in [6, 6.07) is 4.81. The standard InChI is InChI=1S/C17H22FN3/c1-6-19-17-12(5)15(20-16(21-17)10(2)3)14-9-13(18)8-7-11(14)4/h7-10H,6H2,1-5H3,(H,19,20,21). The summed E-state index contributed by atoms with van der Waals surface area (Å²) in [5.74, 6) is 1.57. The van der Waals surface area contributed by atoms with Gasteiger partial charge in [-0.2, -0.15) is 0 Å². The Labute approximate surface area is 125 Å². The molecule has 0 saturated carbocycles. The minimum atomic E-state index is -0.246. The number of anilines is 1. The number of nitrogens with one attached hydrogen (secondary N) is 1. The van der Waals surface area contributed by atoms with Crippen LogP contribution in [0.3, 0.4) is 0 Å². The Morgan fingerprint density at radius 2 is 1.90 bits per heavy atom. The molecule has 0 amide bonds. The first-order valence-corrected chi connectivity index (χ1v) is 7.33. The van der Waals surface area contributed by atoms with Crippen molar-refractivity contribution in [2.24, 2.45) is 0 Å². The molecule has 0 atom stereocenters. The zero-order valence-electron chi connectivity index (χ0n) is 13.3. The van der Waals surface area contributed by atoms with Crippen LogP contribution in [0.4, 0.5) is 10.2 Å². The van der Waals surface area contributed by atoms with Crippen LogP contribution in [0.2, 0.25) is 0 Å². The zero-order valence-corrected chi connectivity index (χ0v) is 13.3. The van der Waals surface area contributed by atoms with E-state index in [4.69, 9.17) is 0 Å². The van der Waals surface area contributed by atoms with Crippen molar-refractivity contribution in [1.29, 1.82) is 0 Å². The Hall–Kier alpha value is -1.97. The topological polar surface area (TPSA) is 37.8 Å². The van der Waals surface area contributed by atoms with Gasteiger partial charge in [-0.3, -0.25) is 0 Å². The van der Waals surface area contributed by atoms with E-state index < -0.39 is 0 Å². The van der Waals surface area contributed by atoms with Gasteiger partial charge in [-0.25, -0.2) is 14.4 Å². The Bertz CT molecular complexity index is 651. The Morgan fingerprint density at radius 3 is 2.52 bits per heavy atom. The van der Waals surface area contributed by atoms with Gasteiger partial charge in [0.2, 0.25) is 0 Å². The van der Waals surface area contributed by atoms with Crippen molar-refractivity contribution in [2.45, 2.75) is 40.5 Å². The van der Waals surface area contributed by atoms with Gasteiger partial charge in [0.15, 0.2) is 0 Å². The normalized spacial score (nSPS) is 11.0. The number of aryl methyl sites for hydroxylation is 1. The first kappa shape index (κ1) is 15.4. The Morgan fingerprint density at radius 1 is 1.19 bits per heavy atom. The second kappa shape index (κ2) is 6.20. The highest BCUT2D eigenvalue weighted by Crippen LogP contribution is 2.30. The predicted molar refractivity (Wildman–Crippen MR) is 85.2 cm³/mol. The van der Waals surface area contributed by atoms with Crippen molar-refractivity contribution in [2.75, 3.05) is 11.9 Å². The average molecular weight is 287 g/mol. The molecule has 0 bridgehead atoms. The van der Waals surface area contributed by atoms with Crippen molar-refractivity contribution in [3.8, 4) is 11.3 Å². The second-order valence-corrected chi connectivity index (χ2v) is 5.55. The van der Waals surface area contributed by atoms with Crippen LogP contribution >= 0.6 is 0 Å². The summed E-state index contributed by atoms with van der Waals surface area (Å²) in [6.45, 7) is 10.9. The van der Waals surface area contributed by atoms with Gasteiger partial charge in [0.05, 0.1) is 5.69 Å². The molecule has 0 aliphatic carbocycles. The molecule has 4 heteroatoms. The molecule has 0 spiro atoms. The van der Waals surface area contributed by atoms with E-state index in [1.165, 1.54) is 6.07 Å². The van der Waals surface area contributed by atoms with Gasteiger partial charge >= 0.3 is 0 Å². The Kier molecular flexibility index (Phi) is 4.56. The molecule has 0 aliphatic rings. The predicted octanol–water partition coefficient (Wildman–Crippen LogP) is 4.45. The highest BCUT2D eigenvalue weighted by Gasteiger charge is 2.16. The zero-order chi connectivity index (χ0) is 15.6. The number of rotatable bonds is 4. The SMILES string of the molecule is CCNc1nc(C(C)C)nc(-c2cc(F)ccc2C)c1C. The van der Waals surface area contributed by atoms with Crippen LogP contribution in [-0.2, 0) is 0 Å². The first-order chi connectivity index (χ1) is 9.93. The summed E-state index contributed by atoms with van der Waals surface area (Å²) in [5.41, 5.74) is 3.60. The lowest BCUT2D eigenvalue weighted by Gasteiger charge is -2.16. The van der Waals surface area contributed by atoms with Crippen LogP contribution in [-0.4, -0.2) is 16.5 Å². The summed E-state index contributed by atoms with van der Waals surface area (Å²) in [6.07, 6.45) is 0. The fraction of sp³-hybridized carbons (Fsp3) is 0.412. The highest BCUT2D eigenvalue weighted by molar-refractivity contribution is 5.71. The lowest BCUT2D eigenvalue weighted by Crippen LogP contribution is -2.09. The average Bonchev–Trinajstić information content (AvgIpc) is 2.44. The fourth-order valence-corrected chi connectivity index (χ4v) is 2.24. The van der Waals surface area contributed by atoms with Crippen LogP contribution in [0.1, 0.15) is 43.6 Å². The molecule has 0 radical (unpaired) electrons. The van der Waals surface area contributed by atoms with Gasteiger partial charge in [0.1, 0.15) is 17.5 Å². The number of halogens is 1. The summed E-state index contributed by atoms with van der Waals surface area (Å²) < 4.78 is 13.6. The van der Waals surface area contributed by atoms with Crippen molar-refractivity contribution in [3.05, 3.63) is 41.0 Å². The number of nitrogens with zero attached hydrogens (tertiary/aromatic N) is 2. The van der Waals surface area contributed by atoms with E-state index in [1.807, 2.05) is 20.8 Å². The molecule has 1 aromatic heterocycles. The molecule has 1 heterocycles. The van der Waals surface area contributed by atoms with E-state index >= 15 is 0 Å². The van der Waals surface area contributed by atoms with E-state index in [2.05, 4.69) is 29.1 Å². The van der Waals surface area contributed by atoms with E-state index in [-0.39, 0.29) is 11.7 Å². The summed E-state index contributed by atoms with van der Waals surface area (Å²) in [7, 11) is 0. The molecule has 0 saturated heterocycles. The summed E-state index contributed by atoms with van der Waals surface area (Å²) in [4.78, 5) is 9.25. The molecule has 21 heavy (non-hydrogen) atoms. The van der Waals surface area contributed by atoms with Crippen LogP contribution < -0.4 is 5.32 Å². The van der Waals surface area contributed by atoms with E-state index in [9.17, 15) is 4.39 Å². The van der Waals surface area contributed by atoms with Gasteiger partial charge in [-0.15, -0.1) is 0 Å². The smallest absolute Gasteiger partial charge is 0.133 e. The number of hydrogen-bond donors (Lipinski definition) is 1. The number of benzene rings is 1. The summed E-state index contributed by atoms with van der Waals surface area (Å²) >= 11 is 0. The van der Waals surface area contributed by atoms with Gasteiger partial charge < -0.3 is 5.32 Å². The van der Waals surface area contributed by atoms with Gasteiger partial charge in [0, 0.05) is 23.6 Å². The molecule has 1 aromatic carbocycles. The van der Waals surface area contributed by atoms with E-state index in [1.54, 1.807) is 12.1 Å². The van der Waals surface area contributed by atoms with Crippen molar-refractivity contribution in [1.82, 2.24) is 9.97 Å². The Balaban J connectivity index is 2.69. The lowest BCUT2D eigenvalue weighted by atomic mass is 10.0. The molecule has 0 fully saturated rings. The molecular weight excluding hydrogens is 265 g/mol. The van der Waals surface area contributed by atoms with Gasteiger partial charge in [-0.05, 0) is 38.5 Å². The second-order valence-electron chi connectivity index (χ2n) is 5.55. The van der Waals surface area contributed by atoms with Crippen molar-refractivity contribution >= 4 is 5.82 Å². The van der Waals surface area contributed by atoms with Crippen LogP contribution in [0, 0.1) is 19.7 Å². The fourth-order valence-electron chi connectivity index (χ4n) is 2.24. The number of hydrogen-bond acceptors (Lipinski definition) is 3. The summed E-state index contributed by atoms with van der Waals surface area (Å²) in [5, 5.41) is 3.27. The minimum absolute atomic E-state index is 0.218. The number of aromatic nitrogens is 2. The third-order valence-corrected chi connectivity index (χ3v) is 3.48. The molecule has 112 valence electrons. The van der Waals surface area contributed by atoms with Crippen LogP contribution in [0.5, 0.6) is 0 Å². The largest absolute Gasteiger partial charge is 0.370 e. The van der Waals surface area contributed by atoms with E-state index in [0.717, 1.165) is 40.6 Å². The maximum Gasteiger partial charge on any atom is 0.133 e. The molecular formula is C17H22FN3. The minimum Gasteiger partial charge on any atom is -0.370 e. The van der Waals surface area contributed by atoms with E-state index in [0.29, 0.717) is 0 Å². The van der Waals surface area contributed by atoms with Crippen LogP contribution in [0.15, 0.2) is 18.2 Å². The monoisotopic (exact) mass is 287 g/mol. The third-order valence-electron chi connectivity index (χ3n) is 3.48. The molecule has 0 unspecified atom stereocenters. The molecule has 0 aliphatic heterocycles. The van der Waals surface area contributed by atoms with Crippen molar-refractivity contribution in [3.63, 3.8) is 0 Å². The third kappa shape index (κ3) is 3.20. The van der Waals surface area contributed by atoms with Crippen molar-refractivity contribution < 1.29 is 4.39 Å². The molecule has 1 N–H and O–H groups in total.